The van der Waals surface area contributed by atoms with Crippen molar-refractivity contribution in [2.24, 2.45) is 11.1 Å². The summed E-state index contributed by atoms with van der Waals surface area (Å²) in [7, 11) is 0. The van der Waals surface area contributed by atoms with E-state index in [-0.39, 0.29) is 11.5 Å². The summed E-state index contributed by atoms with van der Waals surface area (Å²) in [6.07, 6.45) is 0. The van der Waals surface area contributed by atoms with Crippen LogP contribution in [0.1, 0.15) is 27.7 Å². The first-order valence-electron chi connectivity index (χ1n) is 5.57. The largest absolute Gasteiger partial charge is 0.379 e. The minimum Gasteiger partial charge on any atom is -0.379 e. The van der Waals surface area contributed by atoms with Gasteiger partial charge in [-0.05, 0) is 20.4 Å². The summed E-state index contributed by atoms with van der Waals surface area (Å²) >= 11 is 0. The van der Waals surface area contributed by atoms with E-state index in [2.05, 4.69) is 32.6 Å². The zero-order valence-corrected chi connectivity index (χ0v) is 9.92. The fourth-order valence-corrected chi connectivity index (χ4v) is 2.01. The Hall–Kier alpha value is -0.120. The second kappa shape index (κ2) is 4.60. The van der Waals surface area contributed by atoms with Gasteiger partial charge in [0.25, 0.3) is 0 Å². The van der Waals surface area contributed by atoms with Crippen molar-refractivity contribution in [1.82, 2.24) is 4.90 Å². The van der Waals surface area contributed by atoms with Gasteiger partial charge in [0.05, 0.1) is 13.2 Å². The smallest absolute Gasteiger partial charge is 0.0624 e. The van der Waals surface area contributed by atoms with Crippen molar-refractivity contribution < 1.29 is 4.74 Å². The van der Waals surface area contributed by atoms with Gasteiger partial charge in [0, 0.05) is 24.0 Å². The summed E-state index contributed by atoms with van der Waals surface area (Å²) in [4.78, 5) is 2.45. The molecule has 3 heteroatoms. The molecule has 1 aliphatic heterocycles. The van der Waals surface area contributed by atoms with Crippen LogP contribution in [0.15, 0.2) is 0 Å². The van der Waals surface area contributed by atoms with Crippen molar-refractivity contribution in [3.8, 4) is 0 Å². The Morgan fingerprint density at radius 1 is 1.57 bits per heavy atom. The van der Waals surface area contributed by atoms with E-state index >= 15 is 0 Å². The van der Waals surface area contributed by atoms with Crippen molar-refractivity contribution in [3.63, 3.8) is 0 Å². The fourth-order valence-electron chi connectivity index (χ4n) is 2.01. The zero-order chi connectivity index (χ0) is 10.8. The molecule has 2 atom stereocenters. The summed E-state index contributed by atoms with van der Waals surface area (Å²) in [5.41, 5.74) is 6.20. The van der Waals surface area contributed by atoms with Crippen LogP contribution >= 0.6 is 0 Å². The SMILES string of the molecule is CCN(CC1(C)COCC1N)C(C)C. The highest BCUT2D eigenvalue weighted by Gasteiger charge is 2.39. The van der Waals surface area contributed by atoms with Gasteiger partial charge < -0.3 is 15.4 Å². The quantitative estimate of drug-likeness (QED) is 0.738. The van der Waals surface area contributed by atoms with E-state index in [0.717, 1.165) is 19.7 Å². The van der Waals surface area contributed by atoms with E-state index in [1.165, 1.54) is 0 Å². The molecule has 1 rings (SSSR count). The Labute approximate surface area is 87.6 Å². The third kappa shape index (κ3) is 2.47. The second-order valence-electron chi connectivity index (χ2n) is 4.93. The topological polar surface area (TPSA) is 38.5 Å². The summed E-state index contributed by atoms with van der Waals surface area (Å²) < 4.78 is 5.45. The fraction of sp³-hybridized carbons (Fsp3) is 1.00. The van der Waals surface area contributed by atoms with Gasteiger partial charge in [0.2, 0.25) is 0 Å². The molecule has 0 aromatic carbocycles. The summed E-state index contributed by atoms with van der Waals surface area (Å²) in [5, 5.41) is 0. The van der Waals surface area contributed by atoms with Crippen molar-refractivity contribution in [2.75, 3.05) is 26.3 Å². The molecule has 84 valence electrons. The van der Waals surface area contributed by atoms with Crippen LogP contribution in [0.4, 0.5) is 0 Å². The van der Waals surface area contributed by atoms with E-state index in [4.69, 9.17) is 10.5 Å². The lowest BCUT2D eigenvalue weighted by atomic mass is 9.85. The van der Waals surface area contributed by atoms with Crippen LogP contribution < -0.4 is 5.73 Å². The number of nitrogens with zero attached hydrogens (tertiary/aromatic N) is 1. The molecular weight excluding hydrogens is 176 g/mol. The molecule has 0 aromatic heterocycles. The van der Waals surface area contributed by atoms with Crippen LogP contribution in [0.25, 0.3) is 0 Å². The summed E-state index contributed by atoms with van der Waals surface area (Å²) in [6.45, 7) is 12.5. The van der Waals surface area contributed by atoms with E-state index in [0.29, 0.717) is 12.6 Å². The third-order valence-corrected chi connectivity index (χ3v) is 3.33. The molecule has 0 saturated carbocycles. The predicted molar refractivity (Wildman–Crippen MR) is 59.3 cm³/mol. The Kier molecular flexibility index (Phi) is 3.93. The molecule has 1 heterocycles. The van der Waals surface area contributed by atoms with Gasteiger partial charge in [-0.3, -0.25) is 0 Å². The highest BCUT2D eigenvalue weighted by Crippen LogP contribution is 2.28. The van der Waals surface area contributed by atoms with Crippen LogP contribution in [0.2, 0.25) is 0 Å². The highest BCUT2D eigenvalue weighted by atomic mass is 16.5. The molecule has 0 amide bonds. The second-order valence-corrected chi connectivity index (χ2v) is 4.93. The van der Waals surface area contributed by atoms with Gasteiger partial charge in [-0.2, -0.15) is 0 Å². The lowest BCUT2D eigenvalue weighted by Crippen LogP contribution is -2.48. The Morgan fingerprint density at radius 3 is 2.57 bits per heavy atom. The Bertz CT molecular complexity index is 184. The van der Waals surface area contributed by atoms with Crippen molar-refractivity contribution in [2.45, 2.75) is 39.8 Å². The van der Waals surface area contributed by atoms with Crippen LogP contribution in [-0.4, -0.2) is 43.3 Å². The monoisotopic (exact) mass is 200 g/mol. The van der Waals surface area contributed by atoms with E-state index in [1.54, 1.807) is 0 Å². The number of hydrogen-bond acceptors (Lipinski definition) is 3. The van der Waals surface area contributed by atoms with Crippen molar-refractivity contribution in [3.05, 3.63) is 0 Å². The summed E-state index contributed by atoms with van der Waals surface area (Å²) in [5.74, 6) is 0. The first-order chi connectivity index (χ1) is 6.49. The molecule has 3 nitrogen and oxygen atoms in total. The molecule has 0 spiro atoms. The predicted octanol–water partition coefficient (Wildman–Crippen LogP) is 1.08. The molecular formula is C11H24N2O. The maximum atomic E-state index is 6.06. The number of hydrogen-bond donors (Lipinski definition) is 1. The standard InChI is InChI=1S/C11H24N2O/c1-5-13(9(2)3)7-11(4)8-14-6-10(11)12/h9-10H,5-8,12H2,1-4H3. The molecule has 1 aliphatic rings. The van der Waals surface area contributed by atoms with Crippen LogP contribution in [0.5, 0.6) is 0 Å². The maximum Gasteiger partial charge on any atom is 0.0624 e. The maximum absolute atomic E-state index is 6.06. The first-order valence-corrected chi connectivity index (χ1v) is 5.57. The molecule has 0 aliphatic carbocycles. The average Bonchev–Trinajstić information content (AvgIpc) is 2.43. The number of rotatable bonds is 4. The Balaban J connectivity index is 2.56. The van der Waals surface area contributed by atoms with Gasteiger partial charge in [-0.1, -0.05) is 13.8 Å². The van der Waals surface area contributed by atoms with E-state index in [9.17, 15) is 0 Å². The zero-order valence-electron chi connectivity index (χ0n) is 9.92. The number of ether oxygens (including phenoxy) is 1. The van der Waals surface area contributed by atoms with Crippen LogP contribution in [0.3, 0.4) is 0 Å². The molecule has 0 bridgehead atoms. The molecule has 0 radical (unpaired) electrons. The van der Waals surface area contributed by atoms with Crippen LogP contribution in [0, 0.1) is 5.41 Å². The van der Waals surface area contributed by atoms with Gasteiger partial charge in [-0.25, -0.2) is 0 Å². The summed E-state index contributed by atoms with van der Waals surface area (Å²) in [6, 6.07) is 0.778. The van der Waals surface area contributed by atoms with Crippen molar-refractivity contribution >= 4 is 0 Å². The van der Waals surface area contributed by atoms with E-state index < -0.39 is 0 Å². The lowest BCUT2D eigenvalue weighted by Gasteiger charge is -2.35. The average molecular weight is 200 g/mol. The number of nitrogens with two attached hydrogens (primary N) is 1. The van der Waals surface area contributed by atoms with Gasteiger partial charge in [0.1, 0.15) is 0 Å². The van der Waals surface area contributed by atoms with Gasteiger partial charge in [-0.15, -0.1) is 0 Å². The highest BCUT2D eigenvalue weighted by molar-refractivity contribution is 4.92. The Morgan fingerprint density at radius 2 is 2.21 bits per heavy atom. The molecule has 0 aromatic rings. The molecule has 1 fully saturated rings. The van der Waals surface area contributed by atoms with E-state index in [1.807, 2.05) is 0 Å². The van der Waals surface area contributed by atoms with Crippen LogP contribution in [-0.2, 0) is 4.74 Å². The minimum atomic E-state index is 0.139. The minimum absolute atomic E-state index is 0.139. The van der Waals surface area contributed by atoms with Gasteiger partial charge in [0.15, 0.2) is 0 Å². The lowest BCUT2D eigenvalue weighted by molar-refractivity contribution is 0.106. The molecule has 2 N–H and O–H groups in total. The molecule has 1 saturated heterocycles. The van der Waals surface area contributed by atoms with Gasteiger partial charge >= 0.3 is 0 Å². The normalized spacial score (nSPS) is 33.2. The molecule has 14 heavy (non-hydrogen) atoms. The third-order valence-electron chi connectivity index (χ3n) is 3.33. The first kappa shape index (κ1) is 12.0. The van der Waals surface area contributed by atoms with Crippen molar-refractivity contribution in [1.29, 1.82) is 0 Å². The molecule has 2 unspecified atom stereocenters.